The number of rotatable bonds is 12. The third kappa shape index (κ3) is 11.9. The van der Waals surface area contributed by atoms with Crippen LogP contribution in [0.25, 0.3) is 0 Å². The van der Waals surface area contributed by atoms with Crippen molar-refractivity contribution in [3.63, 3.8) is 0 Å². The van der Waals surface area contributed by atoms with Crippen LogP contribution in [0.15, 0.2) is 0 Å². The minimum Gasteiger partial charge on any atom is -0.385 e. The largest absolute Gasteiger partial charge is 0.385 e. The molecule has 0 fully saturated rings. The molecule has 0 aliphatic heterocycles. The van der Waals surface area contributed by atoms with E-state index < -0.39 is 0 Å². The number of carbonyl (C=O) groups excluding carboxylic acids is 1. The Balaban J connectivity index is 3.20. The number of ether oxygens (including phenoxy) is 1. The normalized spacial score (nSPS) is 12.4. The highest BCUT2D eigenvalue weighted by Gasteiger charge is 2.01. The molecule has 0 saturated heterocycles. The molecule has 0 bridgehead atoms. The van der Waals surface area contributed by atoms with Gasteiger partial charge in [0.1, 0.15) is 0 Å². The number of nitrogens with one attached hydrogen (secondary N) is 1. The number of methoxy groups -OCH3 is 1. The molecule has 3 heteroatoms. The van der Waals surface area contributed by atoms with Gasteiger partial charge in [-0.3, -0.25) is 4.79 Å². The highest BCUT2D eigenvalue weighted by Crippen LogP contribution is 2.13. The van der Waals surface area contributed by atoms with Crippen LogP contribution in [-0.2, 0) is 9.53 Å². The van der Waals surface area contributed by atoms with Crippen molar-refractivity contribution in [3.05, 3.63) is 0 Å². The van der Waals surface area contributed by atoms with Crippen LogP contribution >= 0.6 is 0 Å². The molecule has 0 aliphatic rings. The lowest BCUT2D eigenvalue weighted by atomic mass is 10.00. The molecule has 108 valence electrons. The fourth-order valence-electron chi connectivity index (χ4n) is 1.87. The average molecular weight is 257 g/mol. The number of amides is 1. The van der Waals surface area contributed by atoms with Gasteiger partial charge in [0.25, 0.3) is 0 Å². The van der Waals surface area contributed by atoms with Gasteiger partial charge in [-0.25, -0.2) is 0 Å². The lowest BCUT2D eigenvalue weighted by molar-refractivity contribution is -0.121. The van der Waals surface area contributed by atoms with E-state index in [1.54, 1.807) is 7.11 Å². The molecule has 1 amide bonds. The Morgan fingerprint density at radius 1 is 1.17 bits per heavy atom. The highest BCUT2D eigenvalue weighted by atomic mass is 16.5. The molecular formula is C15H31NO2. The van der Waals surface area contributed by atoms with Gasteiger partial charge in [-0.2, -0.15) is 0 Å². The first-order valence-electron chi connectivity index (χ1n) is 7.46. The molecule has 0 aromatic rings. The van der Waals surface area contributed by atoms with Crippen molar-refractivity contribution in [1.29, 1.82) is 0 Å². The predicted octanol–water partition coefficient (Wildman–Crippen LogP) is 3.53. The van der Waals surface area contributed by atoms with Crippen LogP contribution in [0.3, 0.4) is 0 Å². The summed E-state index contributed by atoms with van der Waals surface area (Å²) in [6, 6.07) is 0. The first-order valence-corrected chi connectivity index (χ1v) is 7.46. The van der Waals surface area contributed by atoms with E-state index in [4.69, 9.17) is 4.74 Å². The summed E-state index contributed by atoms with van der Waals surface area (Å²) in [7, 11) is 1.68. The number of carbonyl (C=O) groups is 1. The molecule has 18 heavy (non-hydrogen) atoms. The monoisotopic (exact) mass is 257 g/mol. The van der Waals surface area contributed by atoms with Gasteiger partial charge in [-0.1, -0.05) is 46.0 Å². The van der Waals surface area contributed by atoms with Crippen molar-refractivity contribution in [3.8, 4) is 0 Å². The molecular weight excluding hydrogens is 226 g/mol. The lowest BCUT2D eigenvalue weighted by Crippen LogP contribution is -2.24. The standard InChI is InChI=1S/C15H31NO2/c1-4-14(2)10-7-5-6-8-11-15(17)16-12-9-13-18-3/h14H,4-13H2,1-3H3,(H,16,17). The van der Waals surface area contributed by atoms with Gasteiger partial charge in [-0.15, -0.1) is 0 Å². The SMILES string of the molecule is CCC(C)CCCCCCC(=O)NCCCOC. The second kappa shape index (κ2) is 12.9. The van der Waals surface area contributed by atoms with Crippen LogP contribution in [0, 0.1) is 5.92 Å². The molecule has 1 N–H and O–H groups in total. The van der Waals surface area contributed by atoms with E-state index in [9.17, 15) is 4.79 Å². The van der Waals surface area contributed by atoms with Crippen molar-refractivity contribution in [2.75, 3.05) is 20.3 Å². The summed E-state index contributed by atoms with van der Waals surface area (Å²) in [6.07, 6.45) is 8.97. The van der Waals surface area contributed by atoms with E-state index in [0.717, 1.165) is 31.9 Å². The number of unbranched alkanes of at least 4 members (excludes halogenated alkanes) is 3. The Morgan fingerprint density at radius 3 is 2.56 bits per heavy atom. The second-order valence-electron chi connectivity index (χ2n) is 5.16. The number of hydrogen-bond donors (Lipinski definition) is 1. The average Bonchev–Trinajstić information content (AvgIpc) is 2.38. The third-order valence-electron chi connectivity index (χ3n) is 3.40. The molecule has 0 rings (SSSR count). The maximum Gasteiger partial charge on any atom is 0.219 e. The van der Waals surface area contributed by atoms with Gasteiger partial charge in [0.2, 0.25) is 5.91 Å². The molecule has 0 spiro atoms. The van der Waals surface area contributed by atoms with Crippen molar-refractivity contribution in [2.45, 2.75) is 65.2 Å². The van der Waals surface area contributed by atoms with E-state index in [1.807, 2.05) is 0 Å². The summed E-state index contributed by atoms with van der Waals surface area (Å²) in [5.74, 6) is 1.04. The maximum atomic E-state index is 11.4. The van der Waals surface area contributed by atoms with Gasteiger partial charge >= 0.3 is 0 Å². The van der Waals surface area contributed by atoms with Crippen LogP contribution in [-0.4, -0.2) is 26.2 Å². The zero-order valence-electron chi connectivity index (χ0n) is 12.5. The summed E-state index contributed by atoms with van der Waals surface area (Å²) in [5.41, 5.74) is 0. The summed E-state index contributed by atoms with van der Waals surface area (Å²) in [6.45, 7) is 6.02. The van der Waals surface area contributed by atoms with Crippen LogP contribution in [0.5, 0.6) is 0 Å². The Morgan fingerprint density at radius 2 is 1.89 bits per heavy atom. The first kappa shape index (κ1) is 17.4. The zero-order valence-corrected chi connectivity index (χ0v) is 12.5. The van der Waals surface area contributed by atoms with Crippen LogP contribution in [0.4, 0.5) is 0 Å². The molecule has 1 unspecified atom stereocenters. The minimum absolute atomic E-state index is 0.188. The molecule has 3 nitrogen and oxygen atoms in total. The van der Waals surface area contributed by atoms with Crippen molar-refractivity contribution in [1.82, 2.24) is 5.32 Å². The van der Waals surface area contributed by atoms with E-state index in [2.05, 4.69) is 19.2 Å². The fraction of sp³-hybridized carbons (Fsp3) is 0.933. The van der Waals surface area contributed by atoms with Crippen LogP contribution in [0.2, 0.25) is 0 Å². The smallest absolute Gasteiger partial charge is 0.219 e. The van der Waals surface area contributed by atoms with E-state index in [-0.39, 0.29) is 5.91 Å². The Labute approximate surface area is 113 Å². The fourth-order valence-corrected chi connectivity index (χ4v) is 1.87. The summed E-state index contributed by atoms with van der Waals surface area (Å²) >= 11 is 0. The Kier molecular flexibility index (Phi) is 12.5. The van der Waals surface area contributed by atoms with Crippen LogP contribution in [0.1, 0.15) is 65.2 Å². The molecule has 0 aliphatic carbocycles. The van der Waals surface area contributed by atoms with Crippen molar-refractivity contribution < 1.29 is 9.53 Å². The topological polar surface area (TPSA) is 38.3 Å². The van der Waals surface area contributed by atoms with E-state index in [0.29, 0.717) is 6.42 Å². The van der Waals surface area contributed by atoms with Gasteiger partial charge < -0.3 is 10.1 Å². The van der Waals surface area contributed by atoms with E-state index >= 15 is 0 Å². The Bertz CT molecular complexity index is 195. The molecule has 0 heterocycles. The van der Waals surface area contributed by atoms with Gasteiger partial charge in [0.15, 0.2) is 0 Å². The molecule has 0 aromatic heterocycles. The summed E-state index contributed by atoms with van der Waals surface area (Å²) in [5, 5.41) is 2.92. The summed E-state index contributed by atoms with van der Waals surface area (Å²) in [4.78, 5) is 11.4. The van der Waals surface area contributed by atoms with E-state index in [1.165, 1.54) is 32.1 Å². The molecule has 1 atom stereocenters. The zero-order chi connectivity index (χ0) is 13.6. The van der Waals surface area contributed by atoms with Gasteiger partial charge in [0, 0.05) is 26.7 Å². The number of hydrogen-bond acceptors (Lipinski definition) is 2. The second-order valence-corrected chi connectivity index (χ2v) is 5.16. The molecule has 0 radical (unpaired) electrons. The van der Waals surface area contributed by atoms with Crippen molar-refractivity contribution >= 4 is 5.91 Å². The summed E-state index contributed by atoms with van der Waals surface area (Å²) < 4.78 is 4.93. The van der Waals surface area contributed by atoms with Gasteiger partial charge in [-0.05, 0) is 18.8 Å². The third-order valence-corrected chi connectivity index (χ3v) is 3.40. The maximum absolute atomic E-state index is 11.4. The minimum atomic E-state index is 0.188. The predicted molar refractivity (Wildman–Crippen MR) is 76.7 cm³/mol. The molecule has 0 aromatic carbocycles. The lowest BCUT2D eigenvalue weighted by Gasteiger charge is -2.07. The molecule has 0 saturated carbocycles. The van der Waals surface area contributed by atoms with Crippen LogP contribution < -0.4 is 5.32 Å². The Hall–Kier alpha value is -0.570. The van der Waals surface area contributed by atoms with Crippen molar-refractivity contribution in [2.24, 2.45) is 5.92 Å². The van der Waals surface area contributed by atoms with Gasteiger partial charge in [0.05, 0.1) is 0 Å². The quantitative estimate of drug-likeness (QED) is 0.543. The highest BCUT2D eigenvalue weighted by molar-refractivity contribution is 5.75. The first-order chi connectivity index (χ1) is 8.70.